The fraction of sp³-hybridized carbons (Fsp3) is 0. The number of nitrogens with zero attached hydrogens (tertiary/aromatic N) is 2. The summed E-state index contributed by atoms with van der Waals surface area (Å²) in [5.74, 6) is 0. The molecule has 0 spiro atoms. The summed E-state index contributed by atoms with van der Waals surface area (Å²) in [6, 6.07) is 0. The van der Waals surface area contributed by atoms with Crippen LogP contribution in [0, 0.1) is 10.1 Å². The van der Waals surface area contributed by atoms with Crippen LogP contribution in [0.5, 0.6) is 0 Å². The van der Waals surface area contributed by atoms with E-state index in [1.807, 2.05) is 0 Å². The third kappa shape index (κ3) is 13.8. The van der Waals surface area contributed by atoms with Crippen LogP contribution < -0.4 is 51.4 Å². The topological polar surface area (TPSA) is 57.2 Å². The summed E-state index contributed by atoms with van der Waals surface area (Å²) in [6.45, 7) is 0. The number of hydrogen-bond acceptors (Lipinski definition) is 2. The minimum atomic E-state index is -10.2. The van der Waals surface area contributed by atoms with Crippen molar-refractivity contribution in [1.29, 1.82) is 0 Å². The van der Waals surface area contributed by atoms with Gasteiger partial charge < -0.3 is 0 Å². The van der Waals surface area contributed by atoms with E-state index in [4.69, 9.17) is 10.1 Å². The van der Waals surface area contributed by atoms with Crippen molar-refractivity contribution in [2.45, 2.75) is 0 Å². The van der Waals surface area contributed by atoms with Gasteiger partial charge in [0.25, 0.3) is 10.4 Å². The zero-order chi connectivity index (χ0) is 8.69. The summed E-state index contributed by atoms with van der Waals surface area (Å²) in [7, 11) is -10.2. The van der Waals surface area contributed by atoms with Gasteiger partial charge in [-0.2, -0.15) is 0 Å². The van der Waals surface area contributed by atoms with Gasteiger partial charge >= 0.3 is 51.4 Å². The van der Waals surface area contributed by atoms with Crippen molar-refractivity contribution in [2.24, 2.45) is 0 Å². The second-order valence-electron chi connectivity index (χ2n) is 1.25. The molecule has 0 amide bonds. The Kier molecular flexibility index (Phi) is 3.48. The molecule has 0 saturated carbocycles. The first-order valence-electron chi connectivity index (χ1n) is 1.52. The molecule has 0 aromatic carbocycles. The zero-order valence-corrected chi connectivity index (χ0v) is 8.95. The van der Waals surface area contributed by atoms with Crippen LogP contribution >= 0.6 is 10.4 Å². The van der Waals surface area contributed by atoms with Crippen LogP contribution in [-0.4, -0.2) is 5.03 Å². The second-order valence-corrected chi connectivity index (χ2v) is 3.27. The molecule has 0 aliphatic rings. The minimum absolute atomic E-state index is 0. The maximum Gasteiger partial charge on any atom is 1.00 e. The molecule has 0 radical (unpaired) electrons. The molecule has 0 atom stereocenters. The number of hydrogen-bond donors (Lipinski definition) is 0. The molecule has 0 unspecified atom stereocenters. The largest absolute Gasteiger partial charge is 1.00 e. The van der Waals surface area contributed by atoms with Gasteiger partial charge in [0.2, 0.25) is 0 Å². The number of nitro groups is 1. The Morgan fingerprint density at radius 3 is 1.45 bits per heavy atom. The molecule has 0 saturated heterocycles. The van der Waals surface area contributed by atoms with E-state index in [-0.39, 0.29) is 56.2 Å². The zero-order valence-electron chi connectivity index (χ0n) is 5.01. The first-order valence-corrected chi connectivity index (χ1v) is 3.43. The monoisotopic (exact) mass is 226 g/mol. The van der Waals surface area contributed by atoms with E-state index in [1.54, 1.807) is 0 Å². The second kappa shape index (κ2) is 2.66. The Hall–Kier alpha value is 0.836. The Morgan fingerprint density at radius 2 is 1.45 bits per heavy atom. The third-order valence-corrected chi connectivity index (χ3v) is 0.663. The molecule has 11 heteroatoms. The third-order valence-electron chi connectivity index (χ3n) is 0.221. The minimum Gasteiger partial charge on any atom is -0.268 e. The first-order chi connectivity index (χ1) is 3.89. The van der Waals surface area contributed by atoms with Crippen molar-refractivity contribution in [1.82, 2.24) is 0 Å². The Balaban J connectivity index is 0. The normalized spacial score (nSPS) is 17.2. The Labute approximate surface area is 99.9 Å². The molecule has 0 aromatic heterocycles. The van der Waals surface area contributed by atoms with Gasteiger partial charge in [0, 0.05) is 5.03 Å². The van der Waals surface area contributed by atoms with Gasteiger partial charge in [-0.3, -0.25) is 10.1 Å². The molecule has 0 fully saturated rings. The van der Waals surface area contributed by atoms with E-state index in [2.05, 4.69) is 0 Å². The maximum absolute atomic E-state index is 10.9. The fourth-order valence-electron chi connectivity index (χ4n) is 0.126. The van der Waals surface area contributed by atoms with E-state index < -0.39 is 15.4 Å². The van der Waals surface area contributed by atoms with Gasteiger partial charge in [-0.05, 0) is 0 Å². The van der Waals surface area contributed by atoms with E-state index in [9.17, 15) is 19.4 Å². The van der Waals surface area contributed by atoms with Crippen molar-refractivity contribution in [3.05, 3.63) is 14.9 Å². The summed E-state index contributed by atoms with van der Waals surface area (Å²) >= 11 is 0. The number of halogens is 5. The molecular formula is F5KN2O2S. The van der Waals surface area contributed by atoms with Gasteiger partial charge in [0.1, 0.15) is 0 Å². The SMILES string of the molecule is O=[N+]([O-])[N-]S(F)(F)(F)(F)F.[K+]. The van der Waals surface area contributed by atoms with Gasteiger partial charge in [-0.1, -0.05) is 0 Å². The standard InChI is InChI=1S/F5N2O2S.K/c1-10(2,3,4,5)6-7(8)9;/q-1;+1. The maximum atomic E-state index is 10.9. The summed E-state index contributed by atoms with van der Waals surface area (Å²) < 4.78 is 54.3. The summed E-state index contributed by atoms with van der Waals surface area (Å²) in [5.41, 5.74) is 0. The van der Waals surface area contributed by atoms with E-state index in [0.29, 0.717) is 0 Å². The van der Waals surface area contributed by atoms with Gasteiger partial charge in [0.05, 0.1) is 0 Å². The average molecular weight is 226 g/mol. The molecule has 0 aromatic rings. The van der Waals surface area contributed by atoms with Crippen molar-refractivity contribution in [3.63, 3.8) is 0 Å². The van der Waals surface area contributed by atoms with Crippen molar-refractivity contribution >= 4 is 10.4 Å². The molecule has 0 aliphatic heterocycles. The molecule has 0 aliphatic carbocycles. The van der Waals surface area contributed by atoms with Crippen LogP contribution in [0.15, 0.2) is 0 Å². The molecule has 0 heterocycles. The molecule has 0 N–H and O–H groups in total. The van der Waals surface area contributed by atoms with E-state index in [1.165, 1.54) is 0 Å². The van der Waals surface area contributed by atoms with Crippen LogP contribution in [0.1, 0.15) is 0 Å². The first kappa shape index (κ1) is 14.4. The van der Waals surface area contributed by atoms with Gasteiger partial charge in [-0.25, -0.2) is 4.83 Å². The van der Waals surface area contributed by atoms with Crippen LogP contribution in [-0.2, 0) is 0 Å². The van der Waals surface area contributed by atoms with Gasteiger partial charge in [0.15, 0.2) is 0 Å². The Bertz CT molecular complexity index is 170. The molecular weight excluding hydrogens is 226 g/mol. The van der Waals surface area contributed by atoms with Crippen LogP contribution in [0.4, 0.5) is 19.4 Å². The van der Waals surface area contributed by atoms with Crippen LogP contribution in [0.25, 0.3) is 4.83 Å². The predicted molar refractivity (Wildman–Crippen MR) is 23.5 cm³/mol. The average Bonchev–Trinajstić information content (AvgIpc) is 1.12. The van der Waals surface area contributed by atoms with Gasteiger partial charge in [-0.15, -0.1) is 19.4 Å². The molecule has 0 bridgehead atoms. The smallest absolute Gasteiger partial charge is 0.268 e. The predicted octanol–water partition coefficient (Wildman–Crippen LogP) is -0.231. The fourth-order valence-corrected chi connectivity index (χ4v) is 0.378. The number of rotatable bonds is 2. The summed E-state index contributed by atoms with van der Waals surface area (Å²) in [5, 5.41) is 6.42. The molecule has 4 nitrogen and oxygen atoms in total. The summed E-state index contributed by atoms with van der Waals surface area (Å²) in [4.78, 5) is 9.07. The summed E-state index contributed by atoms with van der Waals surface area (Å²) in [6.07, 6.45) is 0. The van der Waals surface area contributed by atoms with E-state index in [0.717, 1.165) is 0 Å². The van der Waals surface area contributed by atoms with Crippen molar-refractivity contribution < 1.29 is 75.8 Å². The Morgan fingerprint density at radius 1 is 1.18 bits per heavy atom. The quantitative estimate of drug-likeness (QED) is 0.282. The molecule has 0 rings (SSSR count). The van der Waals surface area contributed by atoms with Crippen molar-refractivity contribution in [2.75, 3.05) is 0 Å². The van der Waals surface area contributed by atoms with Crippen LogP contribution in [0.2, 0.25) is 0 Å². The molecule has 11 heavy (non-hydrogen) atoms. The molecule has 64 valence electrons. The van der Waals surface area contributed by atoms with Crippen LogP contribution in [0.3, 0.4) is 0 Å². The van der Waals surface area contributed by atoms with E-state index >= 15 is 0 Å². The van der Waals surface area contributed by atoms with Crippen molar-refractivity contribution in [3.8, 4) is 0 Å².